The van der Waals surface area contributed by atoms with Crippen LogP contribution < -0.4 is 5.32 Å². The third-order valence-electron chi connectivity index (χ3n) is 3.99. The molecule has 1 heterocycles. The zero-order chi connectivity index (χ0) is 13.2. The van der Waals surface area contributed by atoms with E-state index in [1.807, 2.05) is 24.3 Å². The number of halogens is 1. The van der Waals surface area contributed by atoms with Crippen LogP contribution in [0.2, 0.25) is 0 Å². The van der Waals surface area contributed by atoms with Gasteiger partial charge in [-0.25, -0.2) is 0 Å². The van der Waals surface area contributed by atoms with Gasteiger partial charge in [-0.15, -0.1) is 0 Å². The number of nitrogens with zero attached hydrogens (tertiary/aromatic N) is 1. The van der Waals surface area contributed by atoms with Crippen LogP contribution in [0.1, 0.15) is 35.2 Å². The molecule has 3 rings (SSSR count). The molecular weight excluding hydrogens is 304 g/mol. The fraction of sp³-hybridized carbons (Fsp3) is 0.533. The molecular formula is C15H19BrN2O. The lowest BCUT2D eigenvalue weighted by molar-refractivity contribution is 0.0937. The molecule has 19 heavy (non-hydrogen) atoms. The van der Waals surface area contributed by atoms with Gasteiger partial charge in [-0.3, -0.25) is 9.69 Å². The lowest BCUT2D eigenvalue weighted by atomic mass is 10.1. The largest absolute Gasteiger partial charge is 0.348 e. The minimum absolute atomic E-state index is 0.0590. The molecule has 1 saturated carbocycles. The van der Waals surface area contributed by atoms with Crippen LogP contribution in [0.25, 0.3) is 0 Å². The summed E-state index contributed by atoms with van der Waals surface area (Å²) in [6.07, 6.45) is 3.77. The molecule has 1 aromatic rings. The Hall–Kier alpha value is -0.870. The Morgan fingerprint density at radius 1 is 1.26 bits per heavy atom. The van der Waals surface area contributed by atoms with Crippen LogP contribution in [0.15, 0.2) is 24.3 Å². The fourth-order valence-corrected chi connectivity index (χ4v) is 3.06. The molecule has 1 saturated heterocycles. The first-order valence-corrected chi connectivity index (χ1v) is 8.08. The van der Waals surface area contributed by atoms with Crippen LogP contribution >= 0.6 is 15.9 Å². The van der Waals surface area contributed by atoms with Crippen LogP contribution in [0.3, 0.4) is 0 Å². The molecule has 1 aliphatic carbocycles. The number of likely N-dealkylation sites (tertiary alicyclic amines) is 1. The topological polar surface area (TPSA) is 32.3 Å². The molecule has 1 aliphatic heterocycles. The van der Waals surface area contributed by atoms with Crippen molar-refractivity contribution in [1.82, 2.24) is 10.2 Å². The average molecular weight is 323 g/mol. The van der Waals surface area contributed by atoms with Gasteiger partial charge in [0.25, 0.3) is 5.91 Å². The highest BCUT2D eigenvalue weighted by molar-refractivity contribution is 9.08. The maximum Gasteiger partial charge on any atom is 0.251 e. The zero-order valence-electron chi connectivity index (χ0n) is 10.9. The molecule has 2 fully saturated rings. The number of carbonyl (C=O) groups excluding carboxylic acids is 1. The van der Waals surface area contributed by atoms with Crippen LogP contribution in [-0.2, 0) is 5.33 Å². The Balaban J connectivity index is 1.55. The Bertz CT molecular complexity index is 456. The first kappa shape index (κ1) is 13.1. The SMILES string of the molecule is O=C(NC1CCN(C2CC2)C1)c1ccc(CBr)cc1. The van der Waals surface area contributed by atoms with E-state index in [9.17, 15) is 4.79 Å². The van der Waals surface area contributed by atoms with E-state index in [1.165, 1.54) is 18.4 Å². The Labute approximate surface area is 122 Å². The van der Waals surface area contributed by atoms with Crippen molar-refractivity contribution >= 4 is 21.8 Å². The fourth-order valence-electron chi connectivity index (χ4n) is 2.69. The summed E-state index contributed by atoms with van der Waals surface area (Å²) in [7, 11) is 0. The van der Waals surface area contributed by atoms with Gasteiger partial charge in [0.2, 0.25) is 0 Å². The zero-order valence-corrected chi connectivity index (χ0v) is 12.5. The lowest BCUT2D eigenvalue weighted by Gasteiger charge is -2.15. The predicted molar refractivity (Wildman–Crippen MR) is 79.5 cm³/mol. The second kappa shape index (κ2) is 5.63. The Kier molecular flexibility index (Phi) is 3.89. The molecule has 2 aliphatic rings. The first-order chi connectivity index (χ1) is 9.26. The van der Waals surface area contributed by atoms with Gasteiger partial charge >= 0.3 is 0 Å². The van der Waals surface area contributed by atoms with E-state index in [4.69, 9.17) is 0 Å². The average Bonchev–Trinajstić information content (AvgIpc) is 3.20. The summed E-state index contributed by atoms with van der Waals surface area (Å²) in [5.41, 5.74) is 1.95. The summed E-state index contributed by atoms with van der Waals surface area (Å²) in [6, 6.07) is 8.92. The van der Waals surface area contributed by atoms with E-state index in [0.717, 1.165) is 36.4 Å². The van der Waals surface area contributed by atoms with Gasteiger partial charge in [0.15, 0.2) is 0 Å². The van der Waals surface area contributed by atoms with Crippen molar-refractivity contribution < 1.29 is 4.79 Å². The number of nitrogens with one attached hydrogen (secondary N) is 1. The van der Waals surface area contributed by atoms with E-state index in [-0.39, 0.29) is 5.91 Å². The molecule has 0 radical (unpaired) electrons. The van der Waals surface area contributed by atoms with Gasteiger partial charge in [0, 0.05) is 36.1 Å². The summed E-state index contributed by atoms with van der Waals surface area (Å²) >= 11 is 3.41. The molecule has 3 nitrogen and oxygen atoms in total. The molecule has 4 heteroatoms. The molecule has 1 unspecified atom stereocenters. The number of hydrogen-bond donors (Lipinski definition) is 1. The molecule has 1 atom stereocenters. The number of benzene rings is 1. The number of hydrogen-bond acceptors (Lipinski definition) is 2. The molecule has 1 aromatic carbocycles. The van der Waals surface area contributed by atoms with Gasteiger partial charge in [0.05, 0.1) is 0 Å². The predicted octanol–water partition coefficient (Wildman–Crippen LogP) is 2.55. The van der Waals surface area contributed by atoms with Crippen molar-refractivity contribution in [3.8, 4) is 0 Å². The van der Waals surface area contributed by atoms with E-state index in [2.05, 4.69) is 26.1 Å². The smallest absolute Gasteiger partial charge is 0.251 e. The normalized spacial score (nSPS) is 23.5. The van der Waals surface area contributed by atoms with Gasteiger partial charge < -0.3 is 5.32 Å². The second-order valence-electron chi connectivity index (χ2n) is 5.52. The van der Waals surface area contributed by atoms with Crippen molar-refractivity contribution in [2.75, 3.05) is 13.1 Å². The third kappa shape index (κ3) is 3.18. The molecule has 0 aromatic heterocycles. The van der Waals surface area contributed by atoms with Gasteiger partial charge in [-0.05, 0) is 37.0 Å². The van der Waals surface area contributed by atoms with Crippen molar-refractivity contribution in [1.29, 1.82) is 0 Å². The van der Waals surface area contributed by atoms with Crippen molar-refractivity contribution in [2.45, 2.75) is 36.7 Å². The van der Waals surface area contributed by atoms with Crippen molar-refractivity contribution in [3.05, 3.63) is 35.4 Å². The molecule has 0 spiro atoms. The minimum atomic E-state index is 0.0590. The van der Waals surface area contributed by atoms with Gasteiger partial charge in [-0.1, -0.05) is 28.1 Å². The number of rotatable bonds is 4. The standard InChI is InChI=1S/C15H19BrN2O/c16-9-11-1-3-12(4-2-11)15(19)17-13-7-8-18(10-13)14-5-6-14/h1-4,13-14H,5-10H2,(H,17,19). The highest BCUT2D eigenvalue weighted by Crippen LogP contribution is 2.29. The summed E-state index contributed by atoms with van der Waals surface area (Å²) in [5, 5.41) is 3.98. The number of alkyl halides is 1. The second-order valence-corrected chi connectivity index (χ2v) is 6.08. The Morgan fingerprint density at radius 3 is 2.63 bits per heavy atom. The minimum Gasteiger partial charge on any atom is -0.348 e. The monoisotopic (exact) mass is 322 g/mol. The summed E-state index contributed by atoms with van der Waals surface area (Å²) in [5.74, 6) is 0.0590. The van der Waals surface area contributed by atoms with Gasteiger partial charge in [0.1, 0.15) is 0 Å². The van der Waals surface area contributed by atoms with Crippen LogP contribution in [-0.4, -0.2) is 36.0 Å². The molecule has 102 valence electrons. The van der Waals surface area contributed by atoms with Crippen molar-refractivity contribution in [3.63, 3.8) is 0 Å². The van der Waals surface area contributed by atoms with Gasteiger partial charge in [-0.2, -0.15) is 0 Å². The van der Waals surface area contributed by atoms with E-state index >= 15 is 0 Å². The highest BCUT2D eigenvalue weighted by atomic mass is 79.9. The summed E-state index contributed by atoms with van der Waals surface area (Å²) in [6.45, 7) is 2.16. The maximum absolute atomic E-state index is 12.2. The third-order valence-corrected chi connectivity index (χ3v) is 4.64. The first-order valence-electron chi connectivity index (χ1n) is 6.96. The summed E-state index contributed by atoms with van der Waals surface area (Å²) < 4.78 is 0. The molecule has 1 amide bonds. The maximum atomic E-state index is 12.2. The van der Waals surface area contributed by atoms with E-state index in [1.54, 1.807) is 0 Å². The van der Waals surface area contributed by atoms with Crippen LogP contribution in [0, 0.1) is 0 Å². The lowest BCUT2D eigenvalue weighted by Crippen LogP contribution is -2.37. The van der Waals surface area contributed by atoms with E-state index in [0.29, 0.717) is 6.04 Å². The number of amides is 1. The van der Waals surface area contributed by atoms with Crippen LogP contribution in [0.5, 0.6) is 0 Å². The quantitative estimate of drug-likeness (QED) is 0.864. The highest BCUT2D eigenvalue weighted by Gasteiger charge is 2.34. The molecule has 0 bridgehead atoms. The molecule has 1 N–H and O–H groups in total. The van der Waals surface area contributed by atoms with Crippen LogP contribution in [0.4, 0.5) is 0 Å². The van der Waals surface area contributed by atoms with E-state index < -0.39 is 0 Å². The Morgan fingerprint density at radius 2 is 2.00 bits per heavy atom. The summed E-state index contributed by atoms with van der Waals surface area (Å²) in [4.78, 5) is 14.7. The van der Waals surface area contributed by atoms with Crippen molar-refractivity contribution in [2.24, 2.45) is 0 Å². The number of carbonyl (C=O) groups is 1.